The largest absolute Gasteiger partial charge is 0.465 e. The Kier molecular flexibility index (Phi) is 7.29. The Hall–Kier alpha value is -1.84. The van der Waals surface area contributed by atoms with E-state index in [2.05, 4.69) is 24.3 Å². The summed E-state index contributed by atoms with van der Waals surface area (Å²) in [7, 11) is 0. The molecule has 24 heavy (non-hydrogen) atoms. The van der Waals surface area contributed by atoms with Crippen LogP contribution in [0.5, 0.6) is 0 Å². The average molecular weight is 332 g/mol. The summed E-state index contributed by atoms with van der Waals surface area (Å²) < 4.78 is 10.1. The molecule has 0 aromatic heterocycles. The molecule has 1 aliphatic rings. The smallest absolute Gasteiger partial charge is 0.320 e. The van der Waals surface area contributed by atoms with Crippen LogP contribution in [0.1, 0.15) is 57.4 Å². The molecule has 1 aromatic rings. The molecule has 0 spiro atoms. The van der Waals surface area contributed by atoms with Crippen molar-refractivity contribution in [1.29, 1.82) is 0 Å². The Labute approximate surface area is 144 Å². The van der Waals surface area contributed by atoms with Crippen LogP contribution in [0.3, 0.4) is 0 Å². The van der Waals surface area contributed by atoms with E-state index >= 15 is 0 Å². The first kappa shape index (κ1) is 18.5. The van der Waals surface area contributed by atoms with Gasteiger partial charge >= 0.3 is 11.9 Å². The number of esters is 2. The van der Waals surface area contributed by atoms with Crippen molar-refractivity contribution in [3.05, 3.63) is 35.9 Å². The van der Waals surface area contributed by atoms with Crippen molar-refractivity contribution in [3.8, 4) is 0 Å². The van der Waals surface area contributed by atoms with Gasteiger partial charge in [0.15, 0.2) is 5.92 Å². The minimum Gasteiger partial charge on any atom is -0.465 e. The van der Waals surface area contributed by atoms with Crippen molar-refractivity contribution >= 4 is 11.9 Å². The fourth-order valence-electron chi connectivity index (χ4n) is 3.56. The third-order valence-electron chi connectivity index (χ3n) is 4.83. The molecular weight excluding hydrogens is 304 g/mol. The number of carbonyl (C=O) groups excluding carboxylic acids is 2. The number of ether oxygens (including phenoxy) is 2. The minimum atomic E-state index is -0.775. The molecule has 0 saturated heterocycles. The van der Waals surface area contributed by atoms with Gasteiger partial charge < -0.3 is 9.47 Å². The summed E-state index contributed by atoms with van der Waals surface area (Å²) >= 11 is 0. The van der Waals surface area contributed by atoms with E-state index in [1.807, 2.05) is 6.07 Å². The molecule has 4 nitrogen and oxygen atoms in total. The van der Waals surface area contributed by atoms with E-state index in [0.29, 0.717) is 18.3 Å². The standard InChI is InChI=1S/C20H28O4/c1-3-23-19(21)18(20(22)24-4-2)14-15-10-12-17(13-11-15)16-8-6-5-7-9-16/h5-9,15,17-18H,3-4,10-14H2,1-2H3. The number of hydrogen-bond donors (Lipinski definition) is 0. The van der Waals surface area contributed by atoms with Crippen LogP contribution >= 0.6 is 0 Å². The van der Waals surface area contributed by atoms with Crippen LogP contribution in [-0.4, -0.2) is 25.2 Å². The predicted molar refractivity (Wildman–Crippen MR) is 92.5 cm³/mol. The quantitative estimate of drug-likeness (QED) is 0.557. The van der Waals surface area contributed by atoms with Crippen LogP contribution in [-0.2, 0) is 19.1 Å². The SMILES string of the molecule is CCOC(=O)C(CC1CCC(c2ccccc2)CC1)C(=O)OCC. The van der Waals surface area contributed by atoms with Gasteiger partial charge in [0.2, 0.25) is 0 Å². The molecule has 4 heteroatoms. The van der Waals surface area contributed by atoms with E-state index in [1.165, 1.54) is 5.56 Å². The van der Waals surface area contributed by atoms with Crippen molar-refractivity contribution in [3.63, 3.8) is 0 Å². The number of benzene rings is 1. The first-order chi connectivity index (χ1) is 11.7. The molecule has 0 amide bonds. The molecule has 132 valence electrons. The Morgan fingerprint density at radius 3 is 2.00 bits per heavy atom. The molecule has 1 aromatic carbocycles. The maximum atomic E-state index is 12.1. The number of carbonyl (C=O) groups is 2. The molecule has 1 aliphatic carbocycles. The van der Waals surface area contributed by atoms with Crippen LogP contribution in [0.15, 0.2) is 30.3 Å². The highest BCUT2D eigenvalue weighted by Crippen LogP contribution is 2.38. The second-order valence-electron chi connectivity index (χ2n) is 6.42. The predicted octanol–water partition coefficient (Wildman–Crippen LogP) is 4.09. The fraction of sp³-hybridized carbons (Fsp3) is 0.600. The third-order valence-corrected chi connectivity index (χ3v) is 4.83. The average Bonchev–Trinajstić information content (AvgIpc) is 2.61. The van der Waals surface area contributed by atoms with Gasteiger partial charge in [-0.2, -0.15) is 0 Å². The highest BCUT2D eigenvalue weighted by Gasteiger charge is 2.34. The monoisotopic (exact) mass is 332 g/mol. The molecule has 0 unspecified atom stereocenters. The number of rotatable bonds is 7. The molecule has 0 atom stereocenters. The minimum absolute atomic E-state index is 0.287. The topological polar surface area (TPSA) is 52.6 Å². The van der Waals surface area contributed by atoms with Crippen LogP contribution in [0, 0.1) is 11.8 Å². The van der Waals surface area contributed by atoms with Gasteiger partial charge in [-0.3, -0.25) is 9.59 Å². The summed E-state index contributed by atoms with van der Waals surface area (Å²) in [6.45, 7) is 4.08. The lowest BCUT2D eigenvalue weighted by atomic mass is 9.75. The van der Waals surface area contributed by atoms with Gasteiger partial charge in [-0.25, -0.2) is 0 Å². The Bertz CT molecular complexity index is 500. The Morgan fingerprint density at radius 1 is 0.958 bits per heavy atom. The molecule has 0 radical (unpaired) electrons. The molecule has 1 saturated carbocycles. The lowest BCUT2D eigenvalue weighted by Crippen LogP contribution is -2.31. The van der Waals surface area contributed by atoms with Crippen LogP contribution in [0.2, 0.25) is 0 Å². The molecule has 1 fully saturated rings. The zero-order valence-corrected chi connectivity index (χ0v) is 14.7. The maximum Gasteiger partial charge on any atom is 0.320 e. The summed E-state index contributed by atoms with van der Waals surface area (Å²) in [6.07, 6.45) is 4.82. The third kappa shape index (κ3) is 5.08. The molecule has 0 bridgehead atoms. The van der Waals surface area contributed by atoms with Gasteiger partial charge in [0, 0.05) is 0 Å². The van der Waals surface area contributed by atoms with Gasteiger partial charge in [-0.05, 0) is 63.4 Å². The highest BCUT2D eigenvalue weighted by molar-refractivity contribution is 5.94. The van der Waals surface area contributed by atoms with Crippen molar-refractivity contribution < 1.29 is 19.1 Å². The van der Waals surface area contributed by atoms with Crippen molar-refractivity contribution in [1.82, 2.24) is 0 Å². The molecule has 0 N–H and O–H groups in total. The Morgan fingerprint density at radius 2 is 1.50 bits per heavy atom. The van der Waals surface area contributed by atoms with E-state index in [9.17, 15) is 9.59 Å². The van der Waals surface area contributed by atoms with Crippen LogP contribution in [0.25, 0.3) is 0 Å². The van der Waals surface area contributed by atoms with E-state index in [0.717, 1.165) is 25.7 Å². The highest BCUT2D eigenvalue weighted by atomic mass is 16.6. The van der Waals surface area contributed by atoms with Crippen molar-refractivity contribution in [2.24, 2.45) is 11.8 Å². The lowest BCUT2D eigenvalue weighted by molar-refractivity contribution is -0.162. The Balaban J connectivity index is 1.91. The molecule has 0 aliphatic heterocycles. The van der Waals surface area contributed by atoms with Gasteiger partial charge in [0.25, 0.3) is 0 Å². The summed E-state index contributed by atoms with van der Waals surface area (Å²) in [5.41, 5.74) is 1.39. The summed E-state index contributed by atoms with van der Waals surface area (Å²) in [6, 6.07) is 10.6. The zero-order chi connectivity index (χ0) is 17.4. The number of hydrogen-bond acceptors (Lipinski definition) is 4. The van der Waals surface area contributed by atoms with E-state index in [4.69, 9.17) is 9.47 Å². The second-order valence-corrected chi connectivity index (χ2v) is 6.42. The second kappa shape index (κ2) is 9.45. The summed E-state index contributed by atoms with van der Waals surface area (Å²) in [5, 5.41) is 0. The molecular formula is C20H28O4. The van der Waals surface area contributed by atoms with Gasteiger partial charge in [0.05, 0.1) is 13.2 Å². The van der Waals surface area contributed by atoms with Crippen LogP contribution < -0.4 is 0 Å². The maximum absolute atomic E-state index is 12.1. The molecule has 0 heterocycles. The van der Waals surface area contributed by atoms with E-state index < -0.39 is 17.9 Å². The summed E-state index contributed by atoms with van der Waals surface area (Å²) in [5.74, 6) is -0.694. The van der Waals surface area contributed by atoms with E-state index in [-0.39, 0.29) is 13.2 Å². The van der Waals surface area contributed by atoms with Gasteiger partial charge in [0.1, 0.15) is 0 Å². The summed E-state index contributed by atoms with van der Waals surface area (Å²) in [4.78, 5) is 24.2. The first-order valence-electron chi connectivity index (χ1n) is 9.03. The lowest BCUT2D eigenvalue weighted by Gasteiger charge is -2.30. The van der Waals surface area contributed by atoms with Gasteiger partial charge in [-0.15, -0.1) is 0 Å². The van der Waals surface area contributed by atoms with Crippen molar-refractivity contribution in [2.45, 2.75) is 51.9 Å². The first-order valence-corrected chi connectivity index (χ1v) is 9.03. The van der Waals surface area contributed by atoms with Gasteiger partial charge in [-0.1, -0.05) is 30.3 Å². The fourth-order valence-corrected chi connectivity index (χ4v) is 3.56. The van der Waals surface area contributed by atoms with Crippen molar-refractivity contribution in [2.75, 3.05) is 13.2 Å². The zero-order valence-electron chi connectivity index (χ0n) is 14.7. The van der Waals surface area contributed by atoms with Crippen LogP contribution in [0.4, 0.5) is 0 Å². The molecule has 2 rings (SSSR count). The normalized spacial score (nSPS) is 20.6. The van der Waals surface area contributed by atoms with E-state index in [1.54, 1.807) is 13.8 Å².